The summed E-state index contributed by atoms with van der Waals surface area (Å²) in [5.41, 5.74) is 1.53. The molecule has 0 aliphatic carbocycles. The van der Waals surface area contributed by atoms with E-state index in [1.807, 2.05) is 13.8 Å². The molecule has 2 saturated heterocycles. The summed E-state index contributed by atoms with van der Waals surface area (Å²) in [7, 11) is 0. The first-order chi connectivity index (χ1) is 12.4. The number of rotatable bonds is 3. The van der Waals surface area contributed by atoms with Crippen LogP contribution in [0, 0.1) is 12.7 Å². The van der Waals surface area contributed by atoms with Crippen LogP contribution < -0.4 is 5.32 Å². The summed E-state index contributed by atoms with van der Waals surface area (Å²) in [6, 6.07) is 5.67. The van der Waals surface area contributed by atoms with Crippen molar-refractivity contribution in [3.05, 3.63) is 35.0 Å². The summed E-state index contributed by atoms with van der Waals surface area (Å²) in [4.78, 5) is 31.8. The van der Waals surface area contributed by atoms with Gasteiger partial charge < -0.3 is 10.2 Å². The number of thiazole rings is 1. The Morgan fingerprint density at radius 3 is 2.85 bits per heavy atom. The van der Waals surface area contributed by atoms with E-state index in [0.717, 1.165) is 22.6 Å². The monoisotopic (exact) mass is 391 g/mol. The smallest absolute Gasteiger partial charge is 0.249 e. The van der Waals surface area contributed by atoms with E-state index in [4.69, 9.17) is 0 Å². The molecule has 2 amide bonds. The van der Waals surface area contributed by atoms with E-state index < -0.39 is 6.04 Å². The van der Waals surface area contributed by atoms with E-state index in [-0.39, 0.29) is 22.5 Å². The second-order valence-electron chi connectivity index (χ2n) is 6.69. The Balaban J connectivity index is 1.53. The number of nitrogens with one attached hydrogen (secondary N) is 1. The lowest BCUT2D eigenvalue weighted by Crippen LogP contribution is -2.48. The van der Waals surface area contributed by atoms with Crippen LogP contribution in [0.1, 0.15) is 24.6 Å². The van der Waals surface area contributed by atoms with Crippen molar-refractivity contribution < 1.29 is 14.0 Å². The minimum absolute atomic E-state index is 0.0416. The molecule has 3 heterocycles. The van der Waals surface area contributed by atoms with Crippen LogP contribution in [0.25, 0.3) is 11.3 Å². The number of fused-ring (bicyclic) bond motifs is 1. The summed E-state index contributed by atoms with van der Waals surface area (Å²) in [5, 5.41) is 3.36. The molecule has 136 valence electrons. The first-order valence-corrected chi connectivity index (χ1v) is 10.2. The second kappa shape index (κ2) is 6.35. The zero-order valence-electron chi connectivity index (χ0n) is 14.4. The van der Waals surface area contributed by atoms with Crippen molar-refractivity contribution >= 4 is 40.0 Å². The summed E-state index contributed by atoms with van der Waals surface area (Å²) in [6.45, 7) is 3.94. The van der Waals surface area contributed by atoms with E-state index in [9.17, 15) is 14.0 Å². The Bertz CT molecular complexity index is 883. The molecule has 5 nitrogen and oxygen atoms in total. The molecule has 0 bridgehead atoms. The highest BCUT2D eigenvalue weighted by atomic mass is 32.2. The van der Waals surface area contributed by atoms with Gasteiger partial charge in [0.2, 0.25) is 11.8 Å². The van der Waals surface area contributed by atoms with Crippen LogP contribution in [0.5, 0.6) is 0 Å². The molecule has 26 heavy (non-hydrogen) atoms. The number of halogens is 1. The van der Waals surface area contributed by atoms with Crippen molar-refractivity contribution in [2.24, 2.45) is 0 Å². The van der Waals surface area contributed by atoms with E-state index in [1.165, 1.54) is 23.5 Å². The molecular weight excluding hydrogens is 373 g/mol. The Morgan fingerprint density at radius 1 is 1.38 bits per heavy atom. The minimum atomic E-state index is -0.460. The van der Waals surface area contributed by atoms with Crippen molar-refractivity contribution in [3.8, 4) is 11.3 Å². The number of benzene rings is 1. The third kappa shape index (κ3) is 2.91. The molecule has 2 aliphatic heterocycles. The molecule has 2 atom stereocenters. The zero-order valence-corrected chi connectivity index (χ0v) is 16.0. The molecule has 0 radical (unpaired) electrons. The van der Waals surface area contributed by atoms with Gasteiger partial charge in [0.25, 0.3) is 0 Å². The van der Waals surface area contributed by atoms with Gasteiger partial charge in [-0.1, -0.05) is 0 Å². The molecule has 2 fully saturated rings. The average Bonchev–Trinajstić information content (AvgIpc) is 3.22. The molecule has 4 rings (SSSR count). The van der Waals surface area contributed by atoms with Crippen LogP contribution in [0.15, 0.2) is 24.3 Å². The lowest BCUT2D eigenvalue weighted by molar-refractivity contribution is -0.135. The van der Waals surface area contributed by atoms with Crippen LogP contribution >= 0.6 is 23.1 Å². The predicted octanol–water partition coefficient (Wildman–Crippen LogP) is 3.65. The number of aryl methyl sites for hydroxylation is 1. The Labute approximate surface area is 159 Å². The maximum Gasteiger partial charge on any atom is 0.249 e. The molecule has 0 spiro atoms. The maximum atomic E-state index is 13.1. The van der Waals surface area contributed by atoms with Gasteiger partial charge in [0, 0.05) is 22.6 Å². The van der Waals surface area contributed by atoms with Gasteiger partial charge in [0.05, 0.1) is 10.6 Å². The van der Waals surface area contributed by atoms with Crippen molar-refractivity contribution in [2.45, 2.75) is 37.6 Å². The van der Waals surface area contributed by atoms with Gasteiger partial charge in [-0.05, 0) is 44.5 Å². The Hall–Kier alpha value is -1.93. The van der Waals surface area contributed by atoms with E-state index in [1.54, 1.807) is 28.8 Å². The number of carbonyl (C=O) groups excluding carboxylic acids is 2. The average molecular weight is 391 g/mol. The summed E-state index contributed by atoms with van der Waals surface area (Å²) < 4.78 is 13.1. The van der Waals surface area contributed by atoms with Crippen LogP contribution in [0.3, 0.4) is 0 Å². The van der Waals surface area contributed by atoms with Crippen molar-refractivity contribution in [2.75, 3.05) is 11.1 Å². The molecule has 8 heteroatoms. The lowest BCUT2D eigenvalue weighted by Gasteiger charge is -2.29. The number of amides is 2. The fourth-order valence-electron chi connectivity index (χ4n) is 3.53. The van der Waals surface area contributed by atoms with Crippen molar-refractivity contribution in [3.63, 3.8) is 0 Å². The third-order valence-electron chi connectivity index (χ3n) is 4.89. The highest BCUT2D eigenvalue weighted by Crippen LogP contribution is 2.47. The zero-order chi connectivity index (χ0) is 18.5. The van der Waals surface area contributed by atoms with Crippen molar-refractivity contribution in [1.82, 2.24) is 9.88 Å². The van der Waals surface area contributed by atoms with Gasteiger partial charge >= 0.3 is 0 Å². The topological polar surface area (TPSA) is 62.3 Å². The summed E-state index contributed by atoms with van der Waals surface area (Å²) in [5.74, 6) is 0.145. The predicted molar refractivity (Wildman–Crippen MR) is 102 cm³/mol. The summed E-state index contributed by atoms with van der Waals surface area (Å²) in [6.07, 6.45) is 1.28. The molecule has 2 aliphatic rings. The van der Waals surface area contributed by atoms with Gasteiger partial charge in [-0.2, -0.15) is 0 Å². The Morgan fingerprint density at radius 2 is 2.12 bits per heavy atom. The van der Waals surface area contributed by atoms with E-state index in [2.05, 4.69) is 10.3 Å². The number of nitrogens with zero attached hydrogens (tertiary/aromatic N) is 2. The van der Waals surface area contributed by atoms with Gasteiger partial charge in [0.1, 0.15) is 11.9 Å². The van der Waals surface area contributed by atoms with Crippen molar-refractivity contribution in [1.29, 1.82) is 0 Å². The molecular formula is C18H18FN3O2S2. The van der Waals surface area contributed by atoms with Gasteiger partial charge in [-0.15, -0.1) is 23.1 Å². The minimum Gasteiger partial charge on any atom is -0.315 e. The van der Waals surface area contributed by atoms with Gasteiger partial charge in [-0.3, -0.25) is 9.59 Å². The SMILES string of the molecule is Cc1sc(NC(=O)[C@H]2CS[C@@]3(C)CCC(=O)N23)nc1-c1ccc(F)cc1. The normalized spacial score (nSPS) is 24.8. The lowest BCUT2D eigenvalue weighted by atomic mass is 10.1. The molecule has 2 aromatic rings. The quantitative estimate of drug-likeness (QED) is 0.868. The fraction of sp³-hybridized carbons (Fsp3) is 0.389. The number of anilines is 1. The number of thioether (sulfide) groups is 1. The first kappa shape index (κ1) is 17.5. The first-order valence-electron chi connectivity index (χ1n) is 8.38. The number of carbonyl (C=O) groups is 2. The van der Waals surface area contributed by atoms with E-state index in [0.29, 0.717) is 17.3 Å². The number of aromatic nitrogens is 1. The molecule has 0 saturated carbocycles. The third-order valence-corrected chi connectivity index (χ3v) is 7.28. The highest BCUT2D eigenvalue weighted by Gasteiger charge is 2.52. The van der Waals surface area contributed by atoms with Gasteiger partial charge in [0.15, 0.2) is 5.13 Å². The second-order valence-corrected chi connectivity index (χ2v) is 9.39. The highest BCUT2D eigenvalue weighted by molar-refractivity contribution is 8.01. The summed E-state index contributed by atoms with van der Waals surface area (Å²) >= 11 is 3.04. The molecule has 1 aromatic carbocycles. The largest absolute Gasteiger partial charge is 0.315 e. The van der Waals surface area contributed by atoms with Crippen LogP contribution in [0.4, 0.5) is 9.52 Å². The maximum absolute atomic E-state index is 13.1. The van der Waals surface area contributed by atoms with E-state index >= 15 is 0 Å². The molecule has 0 unspecified atom stereocenters. The Kier molecular flexibility index (Phi) is 4.27. The van der Waals surface area contributed by atoms with Gasteiger partial charge in [-0.25, -0.2) is 9.37 Å². The fourth-order valence-corrected chi connectivity index (χ4v) is 5.80. The number of hydrogen-bond acceptors (Lipinski definition) is 5. The standard InChI is InChI=1S/C18H18FN3O2S2/c1-10-15(11-3-5-12(19)6-4-11)20-17(26-10)21-16(24)13-9-25-18(2)8-7-14(23)22(13)18/h3-6,13H,7-9H2,1-2H3,(H,20,21,24)/t13-,18+/m1/s1. The molecule has 1 aromatic heterocycles. The number of hydrogen-bond donors (Lipinski definition) is 1. The van der Waals surface area contributed by atoms with Crippen LogP contribution in [-0.4, -0.2) is 38.4 Å². The van der Waals surface area contributed by atoms with Crippen LogP contribution in [0.2, 0.25) is 0 Å². The molecule has 1 N–H and O–H groups in total. The van der Waals surface area contributed by atoms with Crippen LogP contribution in [-0.2, 0) is 9.59 Å².